The van der Waals surface area contributed by atoms with Gasteiger partial charge in [-0.1, -0.05) is 6.07 Å². The second-order valence-electron chi connectivity index (χ2n) is 3.96. The third kappa shape index (κ3) is 2.99. The molecule has 0 amide bonds. The van der Waals surface area contributed by atoms with Crippen LogP contribution in [0, 0.1) is 0 Å². The van der Waals surface area contributed by atoms with Gasteiger partial charge in [0, 0.05) is 12.0 Å². The van der Waals surface area contributed by atoms with Crippen LogP contribution in [0.5, 0.6) is 5.75 Å². The van der Waals surface area contributed by atoms with Gasteiger partial charge in [-0.25, -0.2) is 0 Å². The van der Waals surface area contributed by atoms with Crippen LogP contribution in [0.2, 0.25) is 0 Å². The van der Waals surface area contributed by atoms with Crippen molar-refractivity contribution in [3.63, 3.8) is 0 Å². The summed E-state index contributed by atoms with van der Waals surface area (Å²) in [6.45, 7) is -0.420. The van der Waals surface area contributed by atoms with Crippen molar-refractivity contribution in [2.45, 2.75) is 25.4 Å². The molecule has 0 N–H and O–H groups in total. The van der Waals surface area contributed by atoms with Gasteiger partial charge in [0.15, 0.2) is 5.78 Å². The lowest BCUT2D eigenvalue weighted by Gasteiger charge is -2.09. The maximum atomic E-state index is 11.9. The van der Waals surface area contributed by atoms with Crippen LogP contribution >= 0.6 is 0 Å². The zero-order valence-electron chi connectivity index (χ0n) is 9.01. The summed E-state index contributed by atoms with van der Waals surface area (Å²) in [7, 11) is 0. The number of aryl methyl sites for hydroxylation is 1. The third-order valence-corrected chi connectivity index (χ3v) is 2.66. The highest BCUT2D eigenvalue weighted by Crippen LogP contribution is 2.27. The molecule has 0 aliphatic heterocycles. The maximum Gasteiger partial charge on any atom is 0.392 e. The number of halogens is 3. The Kier molecular flexibility index (Phi) is 3.09. The molecule has 0 radical (unpaired) electrons. The molecule has 5 heteroatoms. The lowest BCUT2D eigenvalue weighted by Crippen LogP contribution is -2.13. The fourth-order valence-corrected chi connectivity index (χ4v) is 1.79. The van der Waals surface area contributed by atoms with Gasteiger partial charge in [0.1, 0.15) is 5.75 Å². The molecular weight excluding hydrogens is 233 g/mol. The van der Waals surface area contributed by atoms with E-state index in [9.17, 15) is 18.0 Å². The number of ketones is 1. The molecule has 0 bridgehead atoms. The predicted octanol–water partition coefficient (Wildman–Crippen LogP) is 3.15. The Morgan fingerprint density at radius 1 is 1.24 bits per heavy atom. The van der Waals surface area contributed by atoms with E-state index in [2.05, 4.69) is 0 Å². The second kappa shape index (κ2) is 4.39. The smallest absolute Gasteiger partial charge is 0.392 e. The number of ether oxygens (including phenoxy) is 1. The quantitative estimate of drug-likeness (QED) is 0.816. The Morgan fingerprint density at radius 3 is 2.71 bits per heavy atom. The number of benzene rings is 1. The van der Waals surface area contributed by atoms with E-state index >= 15 is 0 Å². The summed E-state index contributed by atoms with van der Waals surface area (Å²) in [4.78, 5) is 11.4. The summed E-state index contributed by atoms with van der Waals surface area (Å²) in [6, 6.07) is 4.87. The summed E-state index contributed by atoms with van der Waals surface area (Å²) in [5.41, 5.74) is 1.52. The normalized spacial score (nSPS) is 14.9. The van der Waals surface area contributed by atoms with Crippen LogP contribution in [-0.4, -0.2) is 18.6 Å². The van der Waals surface area contributed by atoms with E-state index in [-0.39, 0.29) is 5.78 Å². The molecule has 0 saturated heterocycles. The van der Waals surface area contributed by atoms with Crippen molar-refractivity contribution in [3.8, 4) is 5.75 Å². The highest BCUT2D eigenvalue weighted by atomic mass is 19.4. The summed E-state index contributed by atoms with van der Waals surface area (Å²) >= 11 is 0. The van der Waals surface area contributed by atoms with Crippen LogP contribution in [0.25, 0.3) is 0 Å². The van der Waals surface area contributed by atoms with E-state index in [0.29, 0.717) is 24.2 Å². The SMILES string of the molecule is O=C1CCc2ccc(OCCC(F)(F)F)cc21. The van der Waals surface area contributed by atoms with Crippen LogP contribution in [0.15, 0.2) is 18.2 Å². The first kappa shape index (κ1) is 12.0. The minimum atomic E-state index is -4.22. The number of fused-ring (bicyclic) bond motifs is 1. The van der Waals surface area contributed by atoms with Crippen molar-refractivity contribution in [2.24, 2.45) is 0 Å². The molecule has 1 aliphatic carbocycles. The predicted molar refractivity (Wildman–Crippen MR) is 55.3 cm³/mol. The van der Waals surface area contributed by atoms with E-state index in [0.717, 1.165) is 5.56 Å². The Balaban J connectivity index is 1.99. The second-order valence-corrected chi connectivity index (χ2v) is 3.96. The number of hydrogen-bond acceptors (Lipinski definition) is 2. The lowest BCUT2D eigenvalue weighted by molar-refractivity contribution is -0.139. The van der Waals surface area contributed by atoms with Crippen molar-refractivity contribution in [3.05, 3.63) is 29.3 Å². The molecule has 1 aromatic rings. The van der Waals surface area contributed by atoms with Crippen LogP contribution in [0.1, 0.15) is 28.8 Å². The van der Waals surface area contributed by atoms with Gasteiger partial charge in [0.2, 0.25) is 0 Å². The Bertz CT molecular complexity index is 438. The Morgan fingerprint density at radius 2 is 2.00 bits per heavy atom. The number of rotatable bonds is 3. The van der Waals surface area contributed by atoms with E-state index in [1.54, 1.807) is 12.1 Å². The molecule has 0 aromatic heterocycles. The minimum Gasteiger partial charge on any atom is -0.493 e. The van der Waals surface area contributed by atoms with Crippen molar-refractivity contribution in [2.75, 3.05) is 6.61 Å². The molecule has 0 spiro atoms. The summed E-state index contributed by atoms with van der Waals surface area (Å²) in [6.07, 6.45) is -4.02. The molecule has 92 valence electrons. The number of Topliss-reactive ketones (excluding diaryl/α,β-unsaturated/α-hetero) is 1. The average molecular weight is 244 g/mol. The molecule has 1 aromatic carbocycles. The summed E-state index contributed by atoms with van der Waals surface area (Å²) < 4.78 is 40.7. The monoisotopic (exact) mass is 244 g/mol. The van der Waals surface area contributed by atoms with Gasteiger partial charge in [-0.15, -0.1) is 0 Å². The van der Waals surface area contributed by atoms with E-state index in [1.165, 1.54) is 6.07 Å². The first-order chi connectivity index (χ1) is 7.96. The third-order valence-electron chi connectivity index (χ3n) is 2.66. The number of carbonyl (C=O) groups excluding carboxylic acids is 1. The minimum absolute atomic E-state index is 0.0290. The highest BCUT2D eigenvalue weighted by Gasteiger charge is 2.27. The lowest BCUT2D eigenvalue weighted by atomic mass is 10.1. The fourth-order valence-electron chi connectivity index (χ4n) is 1.79. The topological polar surface area (TPSA) is 26.3 Å². The molecule has 0 heterocycles. The Hall–Kier alpha value is -1.52. The zero-order valence-corrected chi connectivity index (χ0v) is 9.01. The largest absolute Gasteiger partial charge is 0.493 e. The fraction of sp³-hybridized carbons (Fsp3) is 0.417. The van der Waals surface area contributed by atoms with Gasteiger partial charge >= 0.3 is 6.18 Å². The first-order valence-electron chi connectivity index (χ1n) is 5.31. The molecule has 0 unspecified atom stereocenters. The van der Waals surface area contributed by atoms with Crippen molar-refractivity contribution in [1.82, 2.24) is 0 Å². The van der Waals surface area contributed by atoms with E-state index < -0.39 is 19.2 Å². The standard InChI is InChI=1S/C12H11F3O2/c13-12(14,15)5-6-17-9-3-1-8-2-4-11(16)10(8)7-9/h1,3,7H,2,4-6H2. The number of hydrogen-bond donors (Lipinski definition) is 0. The Labute approximate surface area is 96.4 Å². The van der Waals surface area contributed by atoms with Gasteiger partial charge in [0.25, 0.3) is 0 Å². The molecule has 17 heavy (non-hydrogen) atoms. The first-order valence-corrected chi connectivity index (χ1v) is 5.31. The summed E-state index contributed by atoms with van der Waals surface area (Å²) in [5.74, 6) is 0.351. The summed E-state index contributed by atoms with van der Waals surface area (Å²) in [5, 5.41) is 0. The van der Waals surface area contributed by atoms with E-state index in [1.807, 2.05) is 0 Å². The van der Waals surface area contributed by atoms with Crippen molar-refractivity contribution in [1.29, 1.82) is 0 Å². The van der Waals surface area contributed by atoms with Crippen LogP contribution in [0.4, 0.5) is 13.2 Å². The highest BCUT2D eigenvalue weighted by molar-refractivity contribution is 6.00. The molecule has 0 atom stereocenters. The van der Waals surface area contributed by atoms with Crippen molar-refractivity contribution < 1.29 is 22.7 Å². The van der Waals surface area contributed by atoms with Crippen LogP contribution < -0.4 is 4.74 Å². The van der Waals surface area contributed by atoms with Gasteiger partial charge in [-0.3, -0.25) is 4.79 Å². The van der Waals surface area contributed by atoms with Gasteiger partial charge in [-0.2, -0.15) is 13.2 Å². The molecule has 2 rings (SSSR count). The van der Waals surface area contributed by atoms with Crippen LogP contribution in [0.3, 0.4) is 0 Å². The van der Waals surface area contributed by atoms with Crippen molar-refractivity contribution >= 4 is 5.78 Å². The van der Waals surface area contributed by atoms with Gasteiger partial charge in [0.05, 0.1) is 13.0 Å². The van der Waals surface area contributed by atoms with Crippen LogP contribution in [-0.2, 0) is 6.42 Å². The molecule has 0 fully saturated rings. The molecule has 0 saturated carbocycles. The van der Waals surface area contributed by atoms with Gasteiger partial charge in [-0.05, 0) is 24.1 Å². The maximum absolute atomic E-state index is 11.9. The average Bonchev–Trinajstić information content (AvgIpc) is 2.59. The number of carbonyl (C=O) groups is 1. The van der Waals surface area contributed by atoms with Gasteiger partial charge < -0.3 is 4.74 Å². The molecular formula is C12H11F3O2. The molecule has 1 aliphatic rings. The molecule has 2 nitrogen and oxygen atoms in total. The number of alkyl halides is 3. The zero-order chi connectivity index (χ0) is 12.5. The van der Waals surface area contributed by atoms with E-state index in [4.69, 9.17) is 4.74 Å².